The number of hydrogen-bond acceptors (Lipinski definition) is 4. The van der Waals surface area contributed by atoms with Crippen LogP contribution in [0.4, 0.5) is 0 Å². The Bertz CT molecular complexity index is 630. The Balaban J connectivity index is 0.00000225. The minimum absolute atomic E-state index is 0. The van der Waals surface area contributed by atoms with Gasteiger partial charge in [0.2, 0.25) is 0 Å². The lowest BCUT2D eigenvalue weighted by Gasteiger charge is -2.14. The molecule has 136 valence electrons. The van der Waals surface area contributed by atoms with Crippen LogP contribution in [0, 0.1) is 0 Å². The first-order valence-electron chi connectivity index (χ1n) is 8.51. The highest BCUT2D eigenvalue weighted by Gasteiger charge is 2.14. The number of methoxy groups -OCH3 is 1. The van der Waals surface area contributed by atoms with Gasteiger partial charge in [0.15, 0.2) is 11.5 Å². The lowest BCUT2D eigenvalue weighted by molar-refractivity contribution is 0.110. The molecule has 0 bridgehead atoms. The lowest BCUT2D eigenvalue weighted by Crippen LogP contribution is -2.25. The van der Waals surface area contributed by atoms with E-state index in [0.717, 1.165) is 43.2 Å². The van der Waals surface area contributed by atoms with Crippen molar-refractivity contribution in [2.45, 2.75) is 32.1 Å². The molecule has 0 radical (unpaired) electrons. The van der Waals surface area contributed by atoms with Gasteiger partial charge in [-0.2, -0.15) is 0 Å². The molecule has 5 heteroatoms. The van der Waals surface area contributed by atoms with Gasteiger partial charge in [0, 0.05) is 19.7 Å². The van der Waals surface area contributed by atoms with Crippen LogP contribution in [-0.2, 0) is 17.9 Å². The van der Waals surface area contributed by atoms with Crippen molar-refractivity contribution in [3.63, 3.8) is 0 Å². The van der Waals surface area contributed by atoms with Crippen molar-refractivity contribution in [3.8, 4) is 11.5 Å². The number of halogens is 1. The van der Waals surface area contributed by atoms with Gasteiger partial charge in [-0.1, -0.05) is 36.4 Å². The highest BCUT2D eigenvalue weighted by Crippen LogP contribution is 2.28. The molecule has 1 aliphatic heterocycles. The molecule has 25 heavy (non-hydrogen) atoms. The average Bonchev–Trinajstić information content (AvgIpc) is 3.15. The highest BCUT2D eigenvalue weighted by atomic mass is 35.5. The van der Waals surface area contributed by atoms with Crippen molar-refractivity contribution in [2.75, 3.05) is 20.3 Å². The molecule has 0 spiro atoms. The zero-order valence-corrected chi connectivity index (χ0v) is 15.4. The van der Waals surface area contributed by atoms with E-state index in [1.807, 2.05) is 30.3 Å². The fourth-order valence-corrected chi connectivity index (χ4v) is 2.86. The van der Waals surface area contributed by atoms with Gasteiger partial charge in [-0.3, -0.25) is 0 Å². The summed E-state index contributed by atoms with van der Waals surface area (Å²) >= 11 is 0. The predicted octanol–water partition coefficient (Wildman–Crippen LogP) is 3.96. The molecule has 1 saturated heterocycles. The Morgan fingerprint density at radius 3 is 2.64 bits per heavy atom. The summed E-state index contributed by atoms with van der Waals surface area (Å²) in [6.45, 7) is 3.13. The van der Waals surface area contributed by atoms with Crippen LogP contribution in [0.25, 0.3) is 0 Å². The number of rotatable bonds is 8. The second-order valence-electron chi connectivity index (χ2n) is 6.03. The highest BCUT2D eigenvalue weighted by molar-refractivity contribution is 5.85. The number of hydrogen-bond donors (Lipinski definition) is 1. The SMILES string of the molecule is COc1cc(CNCC2CCCO2)ccc1OCc1ccccc1.Cl. The van der Waals surface area contributed by atoms with Crippen LogP contribution in [0.1, 0.15) is 24.0 Å². The van der Waals surface area contributed by atoms with E-state index in [1.54, 1.807) is 7.11 Å². The van der Waals surface area contributed by atoms with E-state index in [0.29, 0.717) is 12.7 Å². The fraction of sp³-hybridized carbons (Fsp3) is 0.400. The van der Waals surface area contributed by atoms with Crippen LogP contribution in [0.2, 0.25) is 0 Å². The van der Waals surface area contributed by atoms with Gasteiger partial charge >= 0.3 is 0 Å². The molecule has 0 aromatic heterocycles. The summed E-state index contributed by atoms with van der Waals surface area (Å²) in [5.41, 5.74) is 2.32. The van der Waals surface area contributed by atoms with E-state index in [4.69, 9.17) is 14.2 Å². The Labute approximate surface area is 155 Å². The van der Waals surface area contributed by atoms with E-state index < -0.39 is 0 Å². The van der Waals surface area contributed by atoms with Gasteiger partial charge in [0.25, 0.3) is 0 Å². The summed E-state index contributed by atoms with van der Waals surface area (Å²) in [5, 5.41) is 3.45. The first kappa shape index (κ1) is 19.6. The molecule has 2 aromatic rings. The molecule has 1 fully saturated rings. The van der Waals surface area contributed by atoms with E-state index in [9.17, 15) is 0 Å². The maximum atomic E-state index is 5.89. The first-order chi connectivity index (χ1) is 11.8. The standard InChI is InChI=1S/C20H25NO3.ClH/c1-22-20-12-17(13-21-14-18-8-5-11-23-18)9-10-19(20)24-15-16-6-3-2-4-7-16;/h2-4,6-7,9-10,12,18,21H,5,8,11,13-15H2,1H3;1H. The molecule has 1 atom stereocenters. The molecule has 4 nitrogen and oxygen atoms in total. The number of benzene rings is 2. The third-order valence-electron chi connectivity index (χ3n) is 4.19. The van der Waals surface area contributed by atoms with Crippen molar-refractivity contribution in [3.05, 3.63) is 59.7 Å². The van der Waals surface area contributed by atoms with Gasteiger partial charge in [-0.25, -0.2) is 0 Å². The minimum atomic E-state index is 0. The Morgan fingerprint density at radius 2 is 1.92 bits per heavy atom. The van der Waals surface area contributed by atoms with Crippen molar-refractivity contribution in [1.29, 1.82) is 0 Å². The molecule has 0 aliphatic carbocycles. The predicted molar refractivity (Wildman–Crippen MR) is 102 cm³/mol. The molecule has 1 heterocycles. The van der Waals surface area contributed by atoms with Crippen LogP contribution in [0.15, 0.2) is 48.5 Å². The zero-order valence-electron chi connectivity index (χ0n) is 14.6. The molecule has 1 N–H and O–H groups in total. The molecule has 0 saturated carbocycles. The number of ether oxygens (including phenoxy) is 3. The Morgan fingerprint density at radius 1 is 1.08 bits per heavy atom. The second-order valence-corrected chi connectivity index (χ2v) is 6.03. The largest absolute Gasteiger partial charge is 0.493 e. The van der Waals surface area contributed by atoms with E-state index >= 15 is 0 Å². The molecule has 1 aliphatic rings. The summed E-state index contributed by atoms with van der Waals surface area (Å²) in [7, 11) is 1.67. The molecule has 3 rings (SSSR count). The van der Waals surface area contributed by atoms with E-state index in [-0.39, 0.29) is 12.4 Å². The van der Waals surface area contributed by atoms with Crippen molar-refractivity contribution >= 4 is 12.4 Å². The van der Waals surface area contributed by atoms with E-state index in [2.05, 4.69) is 23.5 Å². The van der Waals surface area contributed by atoms with E-state index in [1.165, 1.54) is 12.0 Å². The maximum absolute atomic E-state index is 5.89. The number of nitrogens with one attached hydrogen (secondary N) is 1. The topological polar surface area (TPSA) is 39.7 Å². The molecule has 2 aromatic carbocycles. The van der Waals surface area contributed by atoms with Gasteiger partial charge in [-0.05, 0) is 36.1 Å². The summed E-state index contributed by atoms with van der Waals surface area (Å²) in [6.07, 6.45) is 2.69. The van der Waals surface area contributed by atoms with Crippen LogP contribution in [0.3, 0.4) is 0 Å². The molecular formula is C20H26ClNO3. The fourth-order valence-electron chi connectivity index (χ4n) is 2.86. The Hall–Kier alpha value is -1.75. The van der Waals surface area contributed by atoms with Gasteiger partial charge < -0.3 is 19.5 Å². The van der Waals surface area contributed by atoms with Gasteiger partial charge in [0.1, 0.15) is 6.61 Å². The second kappa shape index (κ2) is 10.3. The lowest BCUT2D eigenvalue weighted by atomic mass is 10.2. The monoisotopic (exact) mass is 363 g/mol. The maximum Gasteiger partial charge on any atom is 0.161 e. The van der Waals surface area contributed by atoms with Gasteiger partial charge in [0.05, 0.1) is 13.2 Å². The van der Waals surface area contributed by atoms with Gasteiger partial charge in [-0.15, -0.1) is 12.4 Å². The average molecular weight is 364 g/mol. The quantitative estimate of drug-likeness (QED) is 0.770. The van der Waals surface area contributed by atoms with Crippen molar-refractivity contribution < 1.29 is 14.2 Å². The molecule has 1 unspecified atom stereocenters. The summed E-state index contributed by atoms with van der Waals surface area (Å²) in [6, 6.07) is 16.2. The van der Waals surface area contributed by atoms with Crippen LogP contribution >= 0.6 is 12.4 Å². The van der Waals surface area contributed by atoms with Crippen LogP contribution in [-0.4, -0.2) is 26.4 Å². The Kier molecular flexibility index (Phi) is 8.06. The first-order valence-corrected chi connectivity index (χ1v) is 8.51. The molecular weight excluding hydrogens is 338 g/mol. The normalized spacial score (nSPS) is 16.3. The van der Waals surface area contributed by atoms with Crippen LogP contribution in [0.5, 0.6) is 11.5 Å². The van der Waals surface area contributed by atoms with Crippen molar-refractivity contribution in [1.82, 2.24) is 5.32 Å². The minimum Gasteiger partial charge on any atom is -0.493 e. The van der Waals surface area contributed by atoms with Crippen LogP contribution < -0.4 is 14.8 Å². The third kappa shape index (κ3) is 5.92. The zero-order chi connectivity index (χ0) is 16.6. The summed E-state index contributed by atoms with van der Waals surface area (Å²) < 4.78 is 17.0. The van der Waals surface area contributed by atoms with Crippen molar-refractivity contribution in [2.24, 2.45) is 0 Å². The summed E-state index contributed by atoms with van der Waals surface area (Å²) in [5.74, 6) is 1.53. The molecule has 0 amide bonds. The smallest absolute Gasteiger partial charge is 0.161 e. The third-order valence-corrected chi connectivity index (χ3v) is 4.19. The summed E-state index contributed by atoms with van der Waals surface area (Å²) in [4.78, 5) is 0.